The summed E-state index contributed by atoms with van der Waals surface area (Å²) in [4.78, 5) is 29.3. The average Bonchev–Trinajstić information content (AvgIpc) is 3.49. The minimum absolute atomic E-state index is 0.0200. The van der Waals surface area contributed by atoms with Gasteiger partial charge in [-0.05, 0) is 81.7 Å². The first kappa shape index (κ1) is 22.9. The molecule has 34 heavy (non-hydrogen) atoms. The smallest absolute Gasteiger partial charge is 0.337 e. The van der Waals surface area contributed by atoms with Gasteiger partial charge in [0, 0.05) is 33.1 Å². The number of dihydropyridines is 1. The number of nitrogens with one attached hydrogen (secondary N) is 1. The summed E-state index contributed by atoms with van der Waals surface area (Å²) in [7, 11) is 1.66. The van der Waals surface area contributed by atoms with E-state index in [0.717, 1.165) is 70.1 Å². The van der Waals surface area contributed by atoms with Crippen LogP contribution in [0.4, 0.5) is 0 Å². The normalized spacial score (nSPS) is 23.1. The number of ketones is 1. The van der Waals surface area contributed by atoms with Gasteiger partial charge in [-0.3, -0.25) is 4.79 Å². The fourth-order valence-corrected chi connectivity index (χ4v) is 6.55. The number of rotatable bonds is 5. The largest absolute Gasteiger partial charge is 0.497 e. The molecule has 0 amide bonds. The highest BCUT2D eigenvalue weighted by molar-refractivity contribution is 7.12. The fourth-order valence-electron chi connectivity index (χ4n) is 5.55. The molecular weight excluding hydrogens is 446 g/mol. The van der Waals surface area contributed by atoms with E-state index in [1.165, 1.54) is 0 Å². The van der Waals surface area contributed by atoms with E-state index in [0.29, 0.717) is 12.0 Å². The lowest BCUT2D eigenvalue weighted by atomic mass is 9.73. The van der Waals surface area contributed by atoms with Crippen LogP contribution in [-0.2, 0) is 14.3 Å². The van der Waals surface area contributed by atoms with Crippen molar-refractivity contribution in [2.45, 2.75) is 70.3 Å². The van der Waals surface area contributed by atoms with E-state index in [-0.39, 0.29) is 29.7 Å². The molecule has 6 heteroatoms. The van der Waals surface area contributed by atoms with Crippen LogP contribution in [0.1, 0.15) is 72.6 Å². The molecule has 1 aromatic heterocycles. The lowest BCUT2D eigenvalue weighted by Gasteiger charge is -2.36. The van der Waals surface area contributed by atoms with E-state index in [4.69, 9.17) is 9.47 Å². The Hall–Kier alpha value is -2.86. The van der Waals surface area contributed by atoms with Crippen molar-refractivity contribution >= 4 is 23.1 Å². The predicted molar refractivity (Wildman–Crippen MR) is 133 cm³/mol. The highest BCUT2D eigenvalue weighted by Crippen LogP contribution is 2.47. The molecule has 5 nitrogen and oxygen atoms in total. The number of carbonyl (C=O) groups excluding carboxylic acids is 2. The molecule has 2 aromatic rings. The topological polar surface area (TPSA) is 64.6 Å². The maximum Gasteiger partial charge on any atom is 0.337 e. The van der Waals surface area contributed by atoms with Gasteiger partial charge in [-0.1, -0.05) is 12.1 Å². The molecule has 1 aromatic carbocycles. The van der Waals surface area contributed by atoms with Crippen LogP contribution >= 0.6 is 11.3 Å². The fraction of sp³-hybridized carbons (Fsp3) is 0.429. The van der Waals surface area contributed by atoms with Gasteiger partial charge in [0.25, 0.3) is 0 Å². The van der Waals surface area contributed by atoms with Crippen molar-refractivity contribution in [1.29, 1.82) is 0 Å². The van der Waals surface area contributed by atoms with E-state index in [9.17, 15) is 9.59 Å². The SMILES string of the molecule is COc1cccc([C@H]2CC(=O)C3=C(C2)NC(C)=C(C(=O)OC2CCCC2)[C@H]3c2ccc(C)s2)c1. The zero-order chi connectivity index (χ0) is 23.8. The van der Waals surface area contributed by atoms with Gasteiger partial charge in [-0.15, -0.1) is 11.3 Å². The molecule has 2 aliphatic carbocycles. The summed E-state index contributed by atoms with van der Waals surface area (Å²) >= 11 is 1.65. The van der Waals surface area contributed by atoms with Crippen LogP contribution in [0.2, 0.25) is 0 Å². The van der Waals surface area contributed by atoms with Crippen LogP contribution in [0.15, 0.2) is 58.9 Å². The van der Waals surface area contributed by atoms with E-state index >= 15 is 0 Å². The summed E-state index contributed by atoms with van der Waals surface area (Å²) in [5.74, 6) is 0.293. The molecule has 0 bridgehead atoms. The van der Waals surface area contributed by atoms with E-state index in [2.05, 4.69) is 30.4 Å². The van der Waals surface area contributed by atoms with Crippen molar-refractivity contribution in [3.8, 4) is 5.75 Å². The van der Waals surface area contributed by atoms with Crippen LogP contribution in [-0.4, -0.2) is 25.0 Å². The van der Waals surface area contributed by atoms with Crippen molar-refractivity contribution in [2.75, 3.05) is 7.11 Å². The van der Waals surface area contributed by atoms with Crippen molar-refractivity contribution in [3.05, 3.63) is 74.3 Å². The molecule has 3 aliphatic rings. The third-order valence-electron chi connectivity index (χ3n) is 7.23. The zero-order valence-electron chi connectivity index (χ0n) is 20.0. The lowest BCUT2D eigenvalue weighted by Crippen LogP contribution is -2.36. The Labute approximate surface area is 204 Å². The van der Waals surface area contributed by atoms with Gasteiger partial charge in [-0.2, -0.15) is 0 Å². The number of hydrogen-bond acceptors (Lipinski definition) is 6. The summed E-state index contributed by atoms with van der Waals surface area (Å²) in [6.45, 7) is 3.99. The molecule has 1 fully saturated rings. The molecule has 0 unspecified atom stereocenters. The molecule has 0 saturated heterocycles. The van der Waals surface area contributed by atoms with Gasteiger partial charge in [0.2, 0.25) is 0 Å². The minimum atomic E-state index is -0.373. The number of Topliss-reactive ketones (excluding diaryl/α,β-unsaturated/α-hetero) is 1. The Kier molecular flexibility index (Phi) is 6.34. The average molecular weight is 478 g/mol. The maximum atomic E-state index is 13.7. The van der Waals surface area contributed by atoms with Gasteiger partial charge >= 0.3 is 5.97 Å². The van der Waals surface area contributed by atoms with Crippen molar-refractivity contribution in [2.24, 2.45) is 0 Å². The monoisotopic (exact) mass is 477 g/mol. The number of methoxy groups -OCH3 is 1. The second-order valence-electron chi connectivity index (χ2n) is 9.55. The summed E-state index contributed by atoms with van der Waals surface area (Å²) < 4.78 is 11.3. The van der Waals surface area contributed by atoms with E-state index in [1.807, 2.05) is 25.1 Å². The number of aryl methyl sites for hydroxylation is 1. The van der Waals surface area contributed by atoms with Crippen molar-refractivity contribution < 1.29 is 19.1 Å². The number of hydrogen-bond donors (Lipinski definition) is 1. The highest BCUT2D eigenvalue weighted by Gasteiger charge is 2.42. The highest BCUT2D eigenvalue weighted by atomic mass is 32.1. The molecule has 5 rings (SSSR count). The standard InChI is InChI=1S/C28H31NO4S/c1-16-11-12-24(34-16)27-25(28(31)33-20-8-4-5-9-20)17(2)29-22-14-19(15-23(30)26(22)27)18-7-6-10-21(13-18)32-3/h6-7,10-13,19-20,27,29H,4-5,8-9,14-15H2,1-3H3/t19-,27-/m1/s1. The number of carbonyl (C=O) groups is 2. The van der Waals surface area contributed by atoms with Gasteiger partial charge in [0.15, 0.2) is 5.78 Å². The Balaban J connectivity index is 1.51. The minimum Gasteiger partial charge on any atom is -0.497 e. The number of thiophene rings is 1. The van der Waals surface area contributed by atoms with Gasteiger partial charge in [-0.25, -0.2) is 4.79 Å². The summed E-state index contributed by atoms with van der Waals surface area (Å²) in [5.41, 5.74) is 4.12. The number of esters is 1. The molecule has 178 valence electrons. The quantitative estimate of drug-likeness (QED) is 0.542. The summed E-state index contributed by atoms with van der Waals surface area (Å²) in [6, 6.07) is 12.1. The molecular formula is C28H31NO4S. The van der Waals surface area contributed by atoms with Crippen LogP contribution < -0.4 is 10.1 Å². The van der Waals surface area contributed by atoms with Crippen LogP contribution in [0, 0.1) is 6.92 Å². The van der Waals surface area contributed by atoms with E-state index in [1.54, 1.807) is 18.4 Å². The third kappa shape index (κ3) is 4.31. The van der Waals surface area contributed by atoms with Gasteiger partial charge < -0.3 is 14.8 Å². The van der Waals surface area contributed by atoms with Crippen molar-refractivity contribution in [1.82, 2.24) is 5.32 Å². The Bertz CT molecular complexity index is 1180. The van der Waals surface area contributed by atoms with E-state index < -0.39 is 0 Å². The molecule has 0 radical (unpaired) electrons. The first-order valence-electron chi connectivity index (χ1n) is 12.1. The zero-order valence-corrected chi connectivity index (χ0v) is 20.8. The van der Waals surface area contributed by atoms with Crippen LogP contribution in [0.5, 0.6) is 5.75 Å². The number of benzene rings is 1. The lowest BCUT2D eigenvalue weighted by molar-refractivity contribution is -0.144. The van der Waals surface area contributed by atoms with Crippen molar-refractivity contribution in [3.63, 3.8) is 0 Å². The second-order valence-corrected chi connectivity index (χ2v) is 10.9. The number of allylic oxidation sites excluding steroid dienone is 3. The molecule has 1 N–H and O–H groups in total. The molecule has 1 saturated carbocycles. The predicted octanol–water partition coefficient (Wildman–Crippen LogP) is 5.91. The Morgan fingerprint density at radius 3 is 2.59 bits per heavy atom. The Morgan fingerprint density at radius 1 is 1.09 bits per heavy atom. The van der Waals surface area contributed by atoms with Gasteiger partial charge in [0.1, 0.15) is 11.9 Å². The molecule has 2 atom stereocenters. The Morgan fingerprint density at radius 2 is 1.88 bits per heavy atom. The summed E-state index contributed by atoms with van der Waals surface area (Å²) in [5, 5.41) is 3.45. The molecule has 1 aliphatic heterocycles. The second kappa shape index (κ2) is 9.41. The maximum absolute atomic E-state index is 13.7. The van der Waals surface area contributed by atoms with Crippen LogP contribution in [0.25, 0.3) is 0 Å². The first-order valence-corrected chi connectivity index (χ1v) is 12.9. The molecule has 2 heterocycles. The van der Waals surface area contributed by atoms with Crippen LogP contribution in [0.3, 0.4) is 0 Å². The summed E-state index contributed by atoms with van der Waals surface area (Å²) in [6.07, 6.45) is 5.15. The third-order valence-corrected chi connectivity index (χ3v) is 8.30. The first-order chi connectivity index (χ1) is 16.4. The molecule has 0 spiro atoms. The number of ether oxygens (including phenoxy) is 2. The van der Waals surface area contributed by atoms with Gasteiger partial charge in [0.05, 0.1) is 18.6 Å².